The number of aryl methyl sites for hydroxylation is 1. The number of carbonyl (C=O) groups excluding carboxylic acids is 3. The van der Waals surface area contributed by atoms with Gasteiger partial charge < -0.3 is 15.0 Å². The second-order valence-electron chi connectivity index (χ2n) is 8.69. The Hall–Kier alpha value is -4.20. The highest BCUT2D eigenvalue weighted by Gasteiger charge is 2.46. The van der Waals surface area contributed by atoms with E-state index in [0.29, 0.717) is 29.3 Å². The van der Waals surface area contributed by atoms with Crippen molar-refractivity contribution < 1.29 is 23.5 Å². The molecule has 0 saturated carbocycles. The molecule has 0 bridgehead atoms. The van der Waals surface area contributed by atoms with E-state index < -0.39 is 29.7 Å². The smallest absolute Gasteiger partial charge is 0.332 e. The largest absolute Gasteiger partial charge is 0.494 e. The van der Waals surface area contributed by atoms with Crippen LogP contribution in [0.2, 0.25) is 0 Å². The molecule has 4 rings (SSSR count). The van der Waals surface area contributed by atoms with Crippen molar-refractivity contribution >= 4 is 29.2 Å². The molecule has 1 saturated heterocycles. The molecule has 3 aromatic carbocycles. The molecule has 0 radical (unpaired) electrons. The normalized spacial score (nSPS) is 15.4. The fourth-order valence-corrected chi connectivity index (χ4v) is 4.05. The van der Waals surface area contributed by atoms with Crippen LogP contribution in [0, 0.1) is 12.7 Å². The second-order valence-corrected chi connectivity index (χ2v) is 8.69. The summed E-state index contributed by atoms with van der Waals surface area (Å²) in [7, 11) is 0. The number of hydrogen-bond acceptors (Lipinski definition) is 4. The van der Waals surface area contributed by atoms with Gasteiger partial charge in [0.15, 0.2) is 0 Å². The number of carbonyl (C=O) groups is 3. The highest BCUT2D eigenvalue weighted by atomic mass is 19.1. The number of benzene rings is 3. The molecule has 8 heteroatoms. The number of amides is 4. The topological polar surface area (TPSA) is 79.0 Å². The number of rotatable bonds is 9. The Morgan fingerprint density at radius 3 is 2.42 bits per heavy atom. The molecule has 0 spiro atoms. The van der Waals surface area contributed by atoms with E-state index in [1.807, 2.05) is 19.9 Å². The van der Waals surface area contributed by atoms with E-state index in [1.165, 1.54) is 17.0 Å². The van der Waals surface area contributed by atoms with Crippen LogP contribution in [0.5, 0.6) is 5.75 Å². The first-order chi connectivity index (χ1) is 17.4. The van der Waals surface area contributed by atoms with Crippen molar-refractivity contribution in [2.45, 2.75) is 39.3 Å². The van der Waals surface area contributed by atoms with Crippen molar-refractivity contribution in [3.8, 4) is 5.75 Å². The van der Waals surface area contributed by atoms with Crippen molar-refractivity contribution in [2.75, 3.05) is 16.8 Å². The van der Waals surface area contributed by atoms with Gasteiger partial charge in [-0.2, -0.15) is 0 Å². The lowest BCUT2D eigenvalue weighted by Gasteiger charge is -2.21. The molecule has 1 atom stereocenters. The van der Waals surface area contributed by atoms with E-state index in [0.717, 1.165) is 16.9 Å². The van der Waals surface area contributed by atoms with Crippen LogP contribution in [-0.2, 0) is 16.1 Å². The van der Waals surface area contributed by atoms with Crippen LogP contribution in [0.25, 0.3) is 0 Å². The van der Waals surface area contributed by atoms with Gasteiger partial charge in [0.2, 0.25) is 5.91 Å². The minimum Gasteiger partial charge on any atom is -0.494 e. The SMILES string of the molecule is CCCOc1ccc(NC(=O)C[C@H]2C(=O)N(c3cccc(C)c3)C(=O)N2Cc2ccc(F)cc2)cc1. The van der Waals surface area contributed by atoms with E-state index >= 15 is 0 Å². The Bertz CT molecular complexity index is 1240. The maximum absolute atomic E-state index is 13.4. The standard InChI is InChI=1S/C28H28FN3O4/c1-3-15-36-24-13-11-22(12-14-24)30-26(33)17-25-27(34)32(23-6-4-5-19(2)16-23)28(35)31(25)18-20-7-9-21(29)10-8-20/h4-14,16,25H,3,15,17-18H2,1-2H3,(H,30,33)/t25-/m0/s1. The monoisotopic (exact) mass is 489 g/mol. The minimum absolute atomic E-state index is 0.0641. The van der Waals surface area contributed by atoms with Crippen molar-refractivity contribution in [1.29, 1.82) is 0 Å². The fraction of sp³-hybridized carbons (Fsp3) is 0.250. The van der Waals surface area contributed by atoms with E-state index in [1.54, 1.807) is 54.6 Å². The summed E-state index contributed by atoms with van der Waals surface area (Å²) in [6.45, 7) is 4.55. The Balaban J connectivity index is 1.54. The van der Waals surface area contributed by atoms with Gasteiger partial charge in [0.1, 0.15) is 17.6 Å². The van der Waals surface area contributed by atoms with Gasteiger partial charge in [-0.3, -0.25) is 9.59 Å². The predicted octanol–water partition coefficient (Wildman–Crippen LogP) is 5.29. The van der Waals surface area contributed by atoms with Gasteiger partial charge >= 0.3 is 6.03 Å². The molecule has 1 heterocycles. The van der Waals surface area contributed by atoms with Crippen LogP contribution in [0.3, 0.4) is 0 Å². The van der Waals surface area contributed by atoms with Crippen LogP contribution in [0.4, 0.5) is 20.6 Å². The zero-order chi connectivity index (χ0) is 25.7. The number of hydrogen-bond donors (Lipinski definition) is 1. The number of nitrogens with one attached hydrogen (secondary N) is 1. The van der Waals surface area contributed by atoms with Crippen LogP contribution >= 0.6 is 0 Å². The minimum atomic E-state index is -1.00. The summed E-state index contributed by atoms with van der Waals surface area (Å²) in [6, 6.07) is 18.2. The average molecular weight is 490 g/mol. The number of urea groups is 1. The van der Waals surface area contributed by atoms with Gasteiger partial charge in [-0.05, 0) is 73.0 Å². The van der Waals surface area contributed by atoms with Crippen LogP contribution < -0.4 is 15.0 Å². The third kappa shape index (κ3) is 5.71. The van der Waals surface area contributed by atoms with Crippen LogP contribution in [0.1, 0.15) is 30.9 Å². The Kier molecular flexibility index (Phi) is 7.63. The summed E-state index contributed by atoms with van der Waals surface area (Å²) < 4.78 is 19.0. The first kappa shape index (κ1) is 24.9. The van der Waals surface area contributed by atoms with E-state index in [-0.39, 0.29) is 13.0 Å². The quantitative estimate of drug-likeness (QED) is 0.414. The number of imide groups is 1. The number of anilines is 2. The third-order valence-corrected chi connectivity index (χ3v) is 5.83. The second kappa shape index (κ2) is 11.0. The van der Waals surface area contributed by atoms with Gasteiger partial charge in [-0.1, -0.05) is 31.2 Å². The molecule has 1 fully saturated rings. The highest BCUT2D eigenvalue weighted by molar-refractivity contribution is 6.22. The number of ether oxygens (including phenoxy) is 1. The molecule has 0 aliphatic carbocycles. The number of nitrogens with zero attached hydrogens (tertiary/aromatic N) is 2. The van der Waals surface area contributed by atoms with Crippen LogP contribution in [0.15, 0.2) is 72.8 Å². The molecule has 0 aromatic heterocycles. The summed E-state index contributed by atoms with van der Waals surface area (Å²) in [5.41, 5.74) is 2.54. The fourth-order valence-electron chi connectivity index (χ4n) is 4.05. The molecule has 3 aromatic rings. The van der Waals surface area contributed by atoms with Crippen LogP contribution in [-0.4, -0.2) is 35.4 Å². The molecule has 36 heavy (non-hydrogen) atoms. The summed E-state index contributed by atoms with van der Waals surface area (Å²) in [5.74, 6) is -0.582. The van der Waals surface area contributed by atoms with E-state index in [2.05, 4.69) is 5.32 Å². The van der Waals surface area contributed by atoms with Crippen molar-refractivity contribution in [2.24, 2.45) is 0 Å². The van der Waals surface area contributed by atoms with Crippen molar-refractivity contribution in [3.63, 3.8) is 0 Å². The molecule has 186 valence electrons. The zero-order valence-corrected chi connectivity index (χ0v) is 20.2. The third-order valence-electron chi connectivity index (χ3n) is 5.83. The molecule has 1 aliphatic rings. The summed E-state index contributed by atoms with van der Waals surface area (Å²) >= 11 is 0. The molecular formula is C28H28FN3O4. The van der Waals surface area contributed by atoms with E-state index in [4.69, 9.17) is 4.74 Å². The van der Waals surface area contributed by atoms with E-state index in [9.17, 15) is 18.8 Å². The zero-order valence-electron chi connectivity index (χ0n) is 20.2. The summed E-state index contributed by atoms with van der Waals surface area (Å²) in [6.07, 6.45) is 0.669. The van der Waals surface area contributed by atoms with Crippen molar-refractivity contribution in [1.82, 2.24) is 4.90 Å². The van der Waals surface area contributed by atoms with Gasteiger partial charge in [0.05, 0.1) is 18.7 Å². The lowest BCUT2D eigenvalue weighted by molar-refractivity contribution is -0.124. The Morgan fingerprint density at radius 2 is 1.75 bits per heavy atom. The molecule has 0 unspecified atom stereocenters. The highest BCUT2D eigenvalue weighted by Crippen LogP contribution is 2.29. The van der Waals surface area contributed by atoms with Gasteiger partial charge in [-0.15, -0.1) is 0 Å². The van der Waals surface area contributed by atoms with Gasteiger partial charge in [-0.25, -0.2) is 14.1 Å². The number of halogens is 1. The summed E-state index contributed by atoms with van der Waals surface area (Å²) in [4.78, 5) is 42.2. The molecule has 1 N–H and O–H groups in total. The molecule has 7 nitrogen and oxygen atoms in total. The summed E-state index contributed by atoms with van der Waals surface area (Å²) in [5, 5.41) is 2.79. The predicted molar refractivity (Wildman–Crippen MR) is 135 cm³/mol. The lowest BCUT2D eigenvalue weighted by Crippen LogP contribution is -2.37. The maximum atomic E-state index is 13.4. The van der Waals surface area contributed by atoms with Gasteiger partial charge in [0, 0.05) is 12.2 Å². The first-order valence-electron chi connectivity index (χ1n) is 11.8. The first-order valence-corrected chi connectivity index (χ1v) is 11.8. The average Bonchev–Trinajstić information content (AvgIpc) is 3.08. The van der Waals surface area contributed by atoms with Gasteiger partial charge in [0.25, 0.3) is 5.91 Å². The molecular weight excluding hydrogens is 461 g/mol. The Labute approximate surface area is 209 Å². The molecule has 1 aliphatic heterocycles. The Morgan fingerprint density at radius 1 is 1.03 bits per heavy atom. The lowest BCUT2D eigenvalue weighted by atomic mass is 10.1. The molecule has 4 amide bonds. The van der Waals surface area contributed by atoms with Crippen molar-refractivity contribution in [3.05, 3.63) is 89.7 Å². The maximum Gasteiger partial charge on any atom is 0.332 e.